The van der Waals surface area contributed by atoms with E-state index in [1.807, 2.05) is 0 Å². The normalized spacial score (nSPS) is 17.5. The summed E-state index contributed by atoms with van der Waals surface area (Å²) in [5, 5.41) is 0. The lowest BCUT2D eigenvalue weighted by atomic mass is 10.1. The van der Waals surface area contributed by atoms with Gasteiger partial charge in [0.1, 0.15) is 0 Å². The fourth-order valence-electron chi connectivity index (χ4n) is 2.17. The van der Waals surface area contributed by atoms with Crippen molar-refractivity contribution in [1.82, 2.24) is 0 Å². The molecule has 0 aliphatic heterocycles. The van der Waals surface area contributed by atoms with Crippen molar-refractivity contribution in [3.05, 3.63) is 36.5 Å². The Balaban J connectivity index is 2.60. The first-order chi connectivity index (χ1) is 7.85. The molecule has 17 heavy (non-hydrogen) atoms. The number of hydrogen-bond acceptors (Lipinski definition) is 1. The van der Waals surface area contributed by atoms with Crippen molar-refractivity contribution in [1.29, 1.82) is 0 Å². The van der Waals surface area contributed by atoms with E-state index in [0.717, 1.165) is 0 Å². The van der Waals surface area contributed by atoms with Crippen molar-refractivity contribution in [3.8, 4) is 0 Å². The van der Waals surface area contributed by atoms with Gasteiger partial charge in [-0.25, -0.2) is 0 Å². The predicted molar refractivity (Wildman–Crippen MR) is 82.2 cm³/mol. The van der Waals surface area contributed by atoms with Gasteiger partial charge >= 0.3 is 0 Å². The zero-order chi connectivity index (χ0) is 12.9. The second-order valence-corrected chi connectivity index (χ2v) is 15.0. The van der Waals surface area contributed by atoms with E-state index in [1.54, 1.807) is 0 Å². The Morgan fingerprint density at radius 3 is 1.88 bits per heavy atom. The van der Waals surface area contributed by atoms with Gasteiger partial charge < -0.3 is 4.12 Å². The third-order valence-electron chi connectivity index (χ3n) is 3.18. The van der Waals surface area contributed by atoms with Crippen LogP contribution in [0, 0.1) is 5.92 Å². The quantitative estimate of drug-likeness (QED) is 0.654. The van der Waals surface area contributed by atoms with Crippen LogP contribution in [0.5, 0.6) is 0 Å². The minimum atomic E-state index is -1.54. The number of rotatable bonds is 5. The Labute approximate surface area is 109 Å². The van der Waals surface area contributed by atoms with E-state index in [4.69, 9.17) is 4.12 Å². The summed E-state index contributed by atoms with van der Waals surface area (Å²) < 4.78 is 6.51. The molecule has 96 valence electrons. The number of hydrogen-bond donors (Lipinski definition) is 0. The van der Waals surface area contributed by atoms with Gasteiger partial charge in [-0.2, -0.15) is 0 Å². The molecule has 1 aliphatic carbocycles. The van der Waals surface area contributed by atoms with Gasteiger partial charge in [0, 0.05) is 0 Å². The van der Waals surface area contributed by atoms with E-state index in [-0.39, 0.29) is 0 Å². The van der Waals surface area contributed by atoms with Gasteiger partial charge in [0.25, 0.3) is 0 Å². The summed E-state index contributed by atoms with van der Waals surface area (Å²) in [6.07, 6.45) is 13.1. The van der Waals surface area contributed by atoms with E-state index in [2.05, 4.69) is 69.6 Å². The molecule has 0 heterocycles. The van der Waals surface area contributed by atoms with E-state index < -0.39 is 16.6 Å². The third-order valence-corrected chi connectivity index (χ3v) is 10.8. The van der Waals surface area contributed by atoms with Crippen LogP contribution in [0.15, 0.2) is 36.5 Å². The molecule has 0 atom stereocenters. The standard InChI is InChI=1S/C14H26OSi2/c1-6-16(2,3)15-17(4,5)13-14-11-9-7-8-10-12-14/h7-12,14H,6,13H2,1-5H3. The van der Waals surface area contributed by atoms with E-state index in [0.29, 0.717) is 5.92 Å². The molecule has 0 unspecified atom stereocenters. The zero-order valence-corrected chi connectivity index (χ0v) is 13.9. The van der Waals surface area contributed by atoms with E-state index >= 15 is 0 Å². The molecular weight excluding hydrogens is 240 g/mol. The van der Waals surface area contributed by atoms with Gasteiger partial charge in [0.15, 0.2) is 16.6 Å². The summed E-state index contributed by atoms with van der Waals surface area (Å²) >= 11 is 0. The summed E-state index contributed by atoms with van der Waals surface area (Å²) in [4.78, 5) is 0. The van der Waals surface area contributed by atoms with Crippen molar-refractivity contribution >= 4 is 16.6 Å². The summed E-state index contributed by atoms with van der Waals surface area (Å²) in [7, 11) is -2.95. The molecule has 0 saturated carbocycles. The van der Waals surface area contributed by atoms with Crippen molar-refractivity contribution in [2.75, 3.05) is 0 Å². The Morgan fingerprint density at radius 1 is 0.882 bits per heavy atom. The smallest absolute Gasteiger partial charge is 0.174 e. The lowest BCUT2D eigenvalue weighted by molar-refractivity contribution is 0.533. The fraction of sp³-hybridized carbons (Fsp3) is 0.571. The Hall–Kier alpha value is -0.386. The predicted octanol–water partition coefficient (Wildman–Crippen LogP) is 4.73. The Bertz CT molecular complexity index is 311. The van der Waals surface area contributed by atoms with Gasteiger partial charge in [0.2, 0.25) is 0 Å². The van der Waals surface area contributed by atoms with Crippen LogP contribution in [0.1, 0.15) is 6.92 Å². The zero-order valence-electron chi connectivity index (χ0n) is 11.9. The van der Waals surface area contributed by atoms with Crippen molar-refractivity contribution in [3.63, 3.8) is 0 Å². The molecule has 0 aromatic carbocycles. The van der Waals surface area contributed by atoms with Crippen LogP contribution in [-0.2, 0) is 4.12 Å². The minimum Gasteiger partial charge on any atom is -0.455 e. The van der Waals surface area contributed by atoms with Crippen molar-refractivity contribution < 1.29 is 4.12 Å². The Kier molecular flexibility index (Phi) is 5.16. The molecule has 1 nitrogen and oxygen atoms in total. The molecule has 0 spiro atoms. The molecule has 0 aromatic rings. The summed E-state index contributed by atoms with van der Waals surface area (Å²) in [5.74, 6) is 0.549. The molecule has 0 radical (unpaired) electrons. The highest BCUT2D eigenvalue weighted by Crippen LogP contribution is 2.26. The first-order valence-corrected chi connectivity index (χ1v) is 12.8. The molecule has 0 aromatic heterocycles. The summed E-state index contributed by atoms with van der Waals surface area (Å²) in [5.41, 5.74) is 0. The van der Waals surface area contributed by atoms with Gasteiger partial charge in [-0.1, -0.05) is 43.4 Å². The van der Waals surface area contributed by atoms with Crippen LogP contribution in [0.3, 0.4) is 0 Å². The van der Waals surface area contributed by atoms with Crippen LogP contribution in [0.25, 0.3) is 0 Å². The Morgan fingerprint density at radius 2 is 1.41 bits per heavy atom. The van der Waals surface area contributed by atoms with Crippen molar-refractivity contribution in [2.24, 2.45) is 5.92 Å². The van der Waals surface area contributed by atoms with E-state index in [1.165, 1.54) is 12.1 Å². The van der Waals surface area contributed by atoms with Crippen LogP contribution in [0.4, 0.5) is 0 Å². The monoisotopic (exact) mass is 266 g/mol. The van der Waals surface area contributed by atoms with Gasteiger partial charge in [-0.05, 0) is 44.2 Å². The second-order valence-electron chi connectivity index (χ2n) is 6.00. The molecule has 1 aliphatic rings. The highest BCUT2D eigenvalue weighted by molar-refractivity contribution is 6.84. The molecular formula is C14H26OSi2. The lowest BCUT2D eigenvalue weighted by Gasteiger charge is -2.34. The highest BCUT2D eigenvalue weighted by atomic mass is 28.4. The first kappa shape index (κ1) is 14.7. The fourth-order valence-corrected chi connectivity index (χ4v) is 10.5. The first-order valence-electron chi connectivity index (χ1n) is 6.56. The topological polar surface area (TPSA) is 9.23 Å². The SMILES string of the molecule is CC[Si](C)(C)O[Si](C)(C)CC1C=CC=CC=C1. The summed E-state index contributed by atoms with van der Waals surface area (Å²) in [6, 6.07) is 2.40. The third kappa shape index (κ3) is 5.66. The second kappa shape index (κ2) is 5.98. The van der Waals surface area contributed by atoms with Crippen LogP contribution in [0.2, 0.25) is 38.3 Å². The largest absolute Gasteiger partial charge is 0.455 e. The molecule has 0 N–H and O–H groups in total. The van der Waals surface area contributed by atoms with Gasteiger partial charge in [-0.3, -0.25) is 0 Å². The van der Waals surface area contributed by atoms with Crippen LogP contribution in [-0.4, -0.2) is 16.6 Å². The minimum absolute atomic E-state index is 0.549. The lowest BCUT2D eigenvalue weighted by Crippen LogP contribution is -2.44. The highest BCUT2D eigenvalue weighted by Gasteiger charge is 2.32. The molecule has 0 fully saturated rings. The molecule has 1 rings (SSSR count). The maximum atomic E-state index is 6.51. The molecule has 3 heteroatoms. The van der Waals surface area contributed by atoms with Gasteiger partial charge in [-0.15, -0.1) is 0 Å². The van der Waals surface area contributed by atoms with E-state index in [9.17, 15) is 0 Å². The summed E-state index contributed by atoms with van der Waals surface area (Å²) in [6.45, 7) is 11.6. The van der Waals surface area contributed by atoms with Gasteiger partial charge in [0.05, 0.1) is 0 Å². The number of allylic oxidation sites excluding steroid dienone is 6. The maximum absolute atomic E-state index is 6.51. The van der Waals surface area contributed by atoms with Crippen LogP contribution < -0.4 is 0 Å². The maximum Gasteiger partial charge on any atom is 0.174 e. The molecule has 0 amide bonds. The van der Waals surface area contributed by atoms with Crippen LogP contribution >= 0.6 is 0 Å². The average Bonchev–Trinajstić information content (AvgIpc) is 2.44. The van der Waals surface area contributed by atoms with Crippen molar-refractivity contribution in [2.45, 2.75) is 45.2 Å². The average molecular weight is 267 g/mol. The molecule has 0 bridgehead atoms. The molecule has 0 saturated heterocycles.